The highest BCUT2D eigenvalue weighted by atomic mass is 35.5. The molecule has 0 aliphatic heterocycles. The number of hydrogen-bond acceptors (Lipinski definition) is 3. The molecule has 18 heavy (non-hydrogen) atoms. The first kappa shape index (κ1) is 14.5. The van der Waals surface area contributed by atoms with Gasteiger partial charge in [0.2, 0.25) is 0 Å². The molecule has 0 amide bonds. The molecule has 3 N–H and O–H groups in total. The number of hydrazine groups is 1. The van der Waals surface area contributed by atoms with Crippen molar-refractivity contribution >= 4 is 12.4 Å². The smallest absolute Gasteiger partial charge is 0.120 e. The van der Waals surface area contributed by atoms with E-state index in [-0.39, 0.29) is 12.4 Å². The van der Waals surface area contributed by atoms with Crippen LogP contribution in [0.3, 0.4) is 0 Å². The van der Waals surface area contributed by atoms with Gasteiger partial charge in [0.25, 0.3) is 0 Å². The van der Waals surface area contributed by atoms with E-state index in [0.29, 0.717) is 13.2 Å². The molecule has 0 fully saturated rings. The van der Waals surface area contributed by atoms with Gasteiger partial charge in [-0.05, 0) is 23.3 Å². The second kappa shape index (κ2) is 7.71. The van der Waals surface area contributed by atoms with E-state index in [9.17, 15) is 0 Å². The average molecular weight is 265 g/mol. The van der Waals surface area contributed by atoms with Crippen molar-refractivity contribution in [1.82, 2.24) is 5.43 Å². The molecule has 4 heteroatoms. The molecule has 96 valence electrons. The molecule has 0 aliphatic carbocycles. The van der Waals surface area contributed by atoms with Crippen LogP contribution in [0.2, 0.25) is 0 Å². The molecule has 0 bridgehead atoms. The fourth-order valence-corrected chi connectivity index (χ4v) is 1.60. The van der Waals surface area contributed by atoms with Crippen LogP contribution in [0, 0.1) is 0 Å². The van der Waals surface area contributed by atoms with Crippen LogP contribution < -0.4 is 16.0 Å². The number of benzene rings is 2. The van der Waals surface area contributed by atoms with Gasteiger partial charge in [-0.2, -0.15) is 0 Å². The molecule has 0 saturated carbocycles. The number of ether oxygens (including phenoxy) is 1. The van der Waals surface area contributed by atoms with Crippen LogP contribution in [0.15, 0.2) is 54.6 Å². The van der Waals surface area contributed by atoms with Gasteiger partial charge in [0.05, 0.1) is 0 Å². The van der Waals surface area contributed by atoms with Crippen LogP contribution >= 0.6 is 12.4 Å². The molecule has 0 radical (unpaired) electrons. The highest BCUT2D eigenvalue weighted by Gasteiger charge is 1.97. The van der Waals surface area contributed by atoms with Gasteiger partial charge < -0.3 is 4.74 Å². The fraction of sp³-hybridized carbons (Fsp3) is 0.143. The Balaban J connectivity index is 0.00000162. The zero-order valence-electron chi connectivity index (χ0n) is 10.0. The maximum atomic E-state index is 5.71. The molecule has 0 aliphatic rings. The monoisotopic (exact) mass is 264 g/mol. The Bertz CT molecular complexity index is 462. The molecule has 2 aromatic rings. The van der Waals surface area contributed by atoms with Crippen molar-refractivity contribution < 1.29 is 4.74 Å². The lowest BCUT2D eigenvalue weighted by Gasteiger charge is -2.07. The van der Waals surface area contributed by atoms with Gasteiger partial charge in [-0.3, -0.25) is 11.3 Å². The maximum absolute atomic E-state index is 5.71. The van der Waals surface area contributed by atoms with Crippen molar-refractivity contribution in [2.45, 2.75) is 13.2 Å². The fourth-order valence-electron chi connectivity index (χ4n) is 1.60. The Hall–Kier alpha value is -1.55. The molecular formula is C14H17ClN2O. The SMILES string of the molecule is Cl.NNCc1cccc(OCc2ccccc2)c1. The number of nitrogens with two attached hydrogens (primary N) is 1. The van der Waals surface area contributed by atoms with Crippen LogP contribution in [0.4, 0.5) is 0 Å². The topological polar surface area (TPSA) is 47.3 Å². The summed E-state index contributed by atoms with van der Waals surface area (Å²) >= 11 is 0. The van der Waals surface area contributed by atoms with E-state index in [1.165, 1.54) is 0 Å². The van der Waals surface area contributed by atoms with Gasteiger partial charge in [-0.15, -0.1) is 12.4 Å². The van der Waals surface area contributed by atoms with Gasteiger partial charge in [-0.25, -0.2) is 0 Å². The van der Waals surface area contributed by atoms with E-state index in [2.05, 4.69) is 5.43 Å². The predicted molar refractivity (Wildman–Crippen MR) is 75.5 cm³/mol. The van der Waals surface area contributed by atoms with Crippen molar-refractivity contribution in [1.29, 1.82) is 0 Å². The van der Waals surface area contributed by atoms with Gasteiger partial charge in [-0.1, -0.05) is 42.5 Å². The lowest BCUT2D eigenvalue weighted by atomic mass is 10.2. The Labute approximate surface area is 113 Å². The van der Waals surface area contributed by atoms with E-state index in [1.807, 2.05) is 54.6 Å². The molecule has 0 aromatic heterocycles. The molecule has 3 nitrogen and oxygen atoms in total. The largest absolute Gasteiger partial charge is 0.489 e. The third kappa shape index (κ3) is 4.37. The number of halogens is 1. The van der Waals surface area contributed by atoms with Gasteiger partial charge in [0, 0.05) is 6.54 Å². The van der Waals surface area contributed by atoms with E-state index in [1.54, 1.807) is 0 Å². The van der Waals surface area contributed by atoms with Crippen LogP contribution in [0.1, 0.15) is 11.1 Å². The Morgan fingerprint density at radius 2 is 1.67 bits per heavy atom. The summed E-state index contributed by atoms with van der Waals surface area (Å²) < 4.78 is 5.71. The molecule has 0 spiro atoms. The van der Waals surface area contributed by atoms with E-state index >= 15 is 0 Å². The summed E-state index contributed by atoms with van der Waals surface area (Å²) in [6.45, 7) is 1.23. The first-order chi connectivity index (χ1) is 8.38. The first-order valence-corrected chi connectivity index (χ1v) is 5.57. The van der Waals surface area contributed by atoms with E-state index < -0.39 is 0 Å². The summed E-state index contributed by atoms with van der Waals surface area (Å²) in [5.41, 5.74) is 4.90. The molecule has 2 rings (SSSR count). The standard InChI is InChI=1S/C14H16N2O.ClH/c15-16-10-13-7-4-8-14(9-13)17-11-12-5-2-1-3-6-12;/h1-9,16H,10-11,15H2;1H. The first-order valence-electron chi connectivity index (χ1n) is 5.57. The summed E-state index contributed by atoms with van der Waals surface area (Å²) in [5, 5.41) is 0. The number of rotatable bonds is 5. The molecular weight excluding hydrogens is 248 g/mol. The van der Waals surface area contributed by atoms with Crippen LogP contribution in [-0.2, 0) is 13.2 Å². The highest BCUT2D eigenvalue weighted by Crippen LogP contribution is 2.14. The maximum Gasteiger partial charge on any atom is 0.120 e. The highest BCUT2D eigenvalue weighted by molar-refractivity contribution is 5.85. The molecule has 0 saturated heterocycles. The third-order valence-corrected chi connectivity index (χ3v) is 2.45. The Kier molecular flexibility index (Phi) is 6.22. The van der Waals surface area contributed by atoms with Crippen molar-refractivity contribution in [3.8, 4) is 5.75 Å². The van der Waals surface area contributed by atoms with Gasteiger partial charge >= 0.3 is 0 Å². The Morgan fingerprint density at radius 1 is 0.944 bits per heavy atom. The number of hydrogen-bond donors (Lipinski definition) is 2. The quantitative estimate of drug-likeness (QED) is 0.645. The summed E-state index contributed by atoms with van der Waals surface area (Å²) in [5.74, 6) is 6.15. The van der Waals surface area contributed by atoms with Crippen molar-refractivity contribution in [2.75, 3.05) is 0 Å². The summed E-state index contributed by atoms with van der Waals surface area (Å²) in [7, 11) is 0. The van der Waals surface area contributed by atoms with Crippen molar-refractivity contribution in [3.63, 3.8) is 0 Å². The molecule has 0 unspecified atom stereocenters. The minimum absolute atomic E-state index is 0. The van der Waals surface area contributed by atoms with Gasteiger partial charge in [0.15, 0.2) is 0 Å². The molecule has 0 atom stereocenters. The number of nitrogens with one attached hydrogen (secondary N) is 1. The van der Waals surface area contributed by atoms with E-state index in [0.717, 1.165) is 16.9 Å². The molecule has 0 heterocycles. The average Bonchev–Trinajstić information content (AvgIpc) is 2.39. The van der Waals surface area contributed by atoms with Crippen molar-refractivity contribution in [3.05, 3.63) is 65.7 Å². The van der Waals surface area contributed by atoms with Crippen LogP contribution in [0.25, 0.3) is 0 Å². The molecule has 2 aromatic carbocycles. The minimum Gasteiger partial charge on any atom is -0.489 e. The third-order valence-electron chi connectivity index (χ3n) is 2.45. The summed E-state index contributed by atoms with van der Waals surface area (Å²) in [6.07, 6.45) is 0. The van der Waals surface area contributed by atoms with Gasteiger partial charge in [0.1, 0.15) is 12.4 Å². The predicted octanol–water partition coefficient (Wildman–Crippen LogP) is 2.65. The minimum atomic E-state index is 0. The summed E-state index contributed by atoms with van der Waals surface area (Å²) in [6, 6.07) is 18.0. The lowest BCUT2D eigenvalue weighted by Crippen LogP contribution is -2.20. The van der Waals surface area contributed by atoms with Crippen LogP contribution in [0.5, 0.6) is 5.75 Å². The van der Waals surface area contributed by atoms with Crippen LogP contribution in [-0.4, -0.2) is 0 Å². The Morgan fingerprint density at radius 3 is 2.39 bits per heavy atom. The second-order valence-corrected chi connectivity index (χ2v) is 3.80. The second-order valence-electron chi connectivity index (χ2n) is 3.80. The summed E-state index contributed by atoms with van der Waals surface area (Å²) in [4.78, 5) is 0. The normalized spacial score (nSPS) is 9.61. The lowest BCUT2D eigenvalue weighted by molar-refractivity contribution is 0.306. The zero-order chi connectivity index (χ0) is 11.9. The van der Waals surface area contributed by atoms with Crippen molar-refractivity contribution in [2.24, 2.45) is 5.84 Å². The zero-order valence-corrected chi connectivity index (χ0v) is 10.8. The van der Waals surface area contributed by atoms with E-state index in [4.69, 9.17) is 10.6 Å².